The zero-order chi connectivity index (χ0) is 9.97. The monoisotopic (exact) mass is 231 g/mol. The van der Waals surface area contributed by atoms with Gasteiger partial charge in [-0.3, -0.25) is 4.21 Å². The van der Waals surface area contributed by atoms with Gasteiger partial charge in [0.2, 0.25) is 0 Å². The summed E-state index contributed by atoms with van der Waals surface area (Å²) in [6.45, 7) is 1.72. The van der Waals surface area contributed by atoms with E-state index in [9.17, 15) is 4.21 Å². The molecule has 2 atom stereocenters. The molecule has 1 saturated heterocycles. The van der Waals surface area contributed by atoms with Crippen molar-refractivity contribution in [3.05, 3.63) is 17.3 Å². The summed E-state index contributed by atoms with van der Waals surface area (Å²) < 4.78 is 11.9. The van der Waals surface area contributed by atoms with Gasteiger partial charge in [0.25, 0.3) is 0 Å². The molecule has 1 aliphatic heterocycles. The van der Waals surface area contributed by atoms with Crippen LogP contribution in [0.2, 0.25) is 5.15 Å². The second-order valence-corrected chi connectivity index (χ2v) is 5.17. The van der Waals surface area contributed by atoms with Crippen molar-refractivity contribution in [1.82, 2.24) is 15.5 Å². The van der Waals surface area contributed by atoms with Crippen LogP contribution < -0.4 is 5.32 Å². The molecule has 0 amide bonds. The molecule has 6 heteroatoms. The Hall–Kier alpha value is -0.520. The van der Waals surface area contributed by atoms with Crippen LogP contribution in [0, 0.1) is 0 Å². The molecule has 14 heavy (non-hydrogen) atoms. The molecule has 1 aromatic rings. The van der Waals surface area contributed by atoms with Crippen LogP contribution in [0.5, 0.6) is 0 Å². The van der Waals surface area contributed by atoms with Gasteiger partial charge in [0.05, 0.1) is 16.0 Å². The van der Waals surface area contributed by atoms with Gasteiger partial charge in [-0.25, -0.2) is 0 Å². The van der Waals surface area contributed by atoms with Crippen molar-refractivity contribution in [2.75, 3.05) is 13.1 Å². The van der Waals surface area contributed by atoms with Crippen molar-refractivity contribution in [3.63, 3.8) is 0 Å². The molecule has 76 valence electrons. The van der Waals surface area contributed by atoms with E-state index in [2.05, 4.69) is 15.5 Å². The first-order valence-electron chi connectivity index (χ1n) is 4.38. The highest BCUT2D eigenvalue weighted by Crippen LogP contribution is 2.14. The molecule has 1 N–H and O–H groups in total. The molecule has 1 aliphatic rings. The Kier molecular flexibility index (Phi) is 3.10. The fourth-order valence-corrected chi connectivity index (χ4v) is 2.76. The highest BCUT2D eigenvalue weighted by atomic mass is 35.5. The maximum Gasteiger partial charge on any atom is 0.151 e. The fraction of sp³-hybridized carbons (Fsp3) is 0.500. The summed E-state index contributed by atoms with van der Waals surface area (Å²) in [7, 11) is -1.06. The topological polar surface area (TPSA) is 54.9 Å². The van der Waals surface area contributed by atoms with Gasteiger partial charge in [0.15, 0.2) is 5.15 Å². The van der Waals surface area contributed by atoms with E-state index in [1.165, 1.54) is 0 Å². The molecule has 0 aromatic carbocycles. The summed E-state index contributed by atoms with van der Waals surface area (Å²) in [6, 6.07) is 3.29. The third-order valence-electron chi connectivity index (χ3n) is 2.13. The Balaban J connectivity index is 2.14. The van der Waals surface area contributed by atoms with Gasteiger partial charge < -0.3 is 5.32 Å². The molecule has 4 nitrogen and oxygen atoms in total. The molecular weight excluding hydrogens is 222 g/mol. The Bertz CT molecular complexity index is 337. The number of hydrogen-bond donors (Lipinski definition) is 1. The van der Waals surface area contributed by atoms with Crippen molar-refractivity contribution < 1.29 is 4.21 Å². The molecule has 0 saturated carbocycles. The maximum absolute atomic E-state index is 11.9. The van der Waals surface area contributed by atoms with E-state index in [1.54, 1.807) is 12.1 Å². The summed E-state index contributed by atoms with van der Waals surface area (Å²) in [5.74, 6) is 0. The van der Waals surface area contributed by atoms with Gasteiger partial charge in [-0.15, -0.1) is 10.2 Å². The molecule has 1 aromatic heterocycles. The molecule has 0 radical (unpaired) electrons. The van der Waals surface area contributed by atoms with Crippen LogP contribution in [0.4, 0.5) is 0 Å². The van der Waals surface area contributed by atoms with Crippen LogP contribution >= 0.6 is 11.6 Å². The Morgan fingerprint density at radius 2 is 2.36 bits per heavy atom. The van der Waals surface area contributed by atoms with Gasteiger partial charge in [0.1, 0.15) is 5.03 Å². The third kappa shape index (κ3) is 2.10. The van der Waals surface area contributed by atoms with E-state index >= 15 is 0 Å². The third-order valence-corrected chi connectivity index (χ3v) is 3.97. The minimum atomic E-state index is -1.06. The Morgan fingerprint density at radius 1 is 1.50 bits per heavy atom. The molecule has 0 spiro atoms. The lowest BCUT2D eigenvalue weighted by Gasteiger charge is -2.06. The van der Waals surface area contributed by atoms with E-state index in [0.717, 1.165) is 19.5 Å². The highest BCUT2D eigenvalue weighted by Gasteiger charge is 2.23. The van der Waals surface area contributed by atoms with E-state index in [-0.39, 0.29) is 5.25 Å². The SMILES string of the molecule is O=[S@@](c1ccc(Cl)nn1)[C@H]1CCNC1. The summed E-state index contributed by atoms with van der Waals surface area (Å²) in [5, 5.41) is 11.7. The molecule has 2 heterocycles. The molecule has 0 bridgehead atoms. The van der Waals surface area contributed by atoms with E-state index in [1.807, 2.05) is 0 Å². The zero-order valence-electron chi connectivity index (χ0n) is 7.44. The Morgan fingerprint density at radius 3 is 2.93 bits per heavy atom. The molecular formula is C8H10ClN3OS. The quantitative estimate of drug-likeness (QED) is 0.810. The first kappa shape index (κ1) is 10.0. The number of aromatic nitrogens is 2. The first-order valence-corrected chi connectivity index (χ1v) is 5.97. The second-order valence-electron chi connectivity index (χ2n) is 3.11. The van der Waals surface area contributed by atoms with E-state index < -0.39 is 10.8 Å². The van der Waals surface area contributed by atoms with Gasteiger partial charge in [-0.05, 0) is 25.1 Å². The summed E-state index contributed by atoms with van der Waals surface area (Å²) in [4.78, 5) is 0. The second kappa shape index (κ2) is 4.33. The van der Waals surface area contributed by atoms with Crippen LogP contribution in [-0.2, 0) is 10.8 Å². The summed E-state index contributed by atoms with van der Waals surface area (Å²) in [5.41, 5.74) is 0. The lowest BCUT2D eigenvalue weighted by molar-refractivity contribution is 0.667. The van der Waals surface area contributed by atoms with E-state index in [4.69, 9.17) is 11.6 Å². The molecule has 1 fully saturated rings. The summed E-state index contributed by atoms with van der Waals surface area (Å²) in [6.07, 6.45) is 0.927. The number of nitrogens with one attached hydrogen (secondary N) is 1. The fourth-order valence-electron chi connectivity index (χ4n) is 1.39. The molecule has 2 rings (SSSR count). The molecule has 0 unspecified atom stereocenters. The Labute approximate surface area is 89.5 Å². The smallest absolute Gasteiger partial charge is 0.151 e. The van der Waals surface area contributed by atoms with Crippen LogP contribution in [0.3, 0.4) is 0 Å². The van der Waals surface area contributed by atoms with Crippen LogP contribution in [0.25, 0.3) is 0 Å². The highest BCUT2D eigenvalue weighted by molar-refractivity contribution is 7.85. The van der Waals surface area contributed by atoms with Crippen molar-refractivity contribution in [2.24, 2.45) is 0 Å². The maximum atomic E-state index is 11.9. The minimum absolute atomic E-state index is 0.158. The van der Waals surface area contributed by atoms with Gasteiger partial charge in [0, 0.05) is 6.54 Å². The largest absolute Gasteiger partial charge is 0.315 e. The number of rotatable bonds is 2. The van der Waals surface area contributed by atoms with Crippen LogP contribution in [0.1, 0.15) is 6.42 Å². The van der Waals surface area contributed by atoms with Gasteiger partial charge in [-0.1, -0.05) is 11.6 Å². The van der Waals surface area contributed by atoms with Crippen molar-refractivity contribution in [3.8, 4) is 0 Å². The van der Waals surface area contributed by atoms with Crippen LogP contribution in [0.15, 0.2) is 17.2 Å². The predicted octanol–water partition coefficient (Wildman–Crippen LogP) is 0.599. The molecule has 0 aliphatic carbocycles. The van der Waals surface area contributed by atoms with E-state index in [0.29, 0.717) is 10.2 Å². The van der Waals surface area contributed by atoms with Crippen molar-refractivity contribution in [1.29, 1.82) is 0 Å². The summed E-state index contributed by atoms with van der Waals surface area (Å²) >= 11 is 5.59. The average Bonchev–Trinajstić information content (AvgIpc) is 2.71. The standard InChI is InChI=1S/C8H10ClN3OS/c9-7-1-2-8(12-11-7)14(13)6-3-4-10-5-6/h1-2,6,10H,3-5H2/t6-,14+/m0/s1. The van der Waals surface area contributed by atoms with Crippen LogP contribution in [-0.4, -0.2) is 32.7 Å². The zero-order valence-corrected chi connectivity index (χ0v) is 9.01. The lowest BCUT2D eigenvalue weighted by atomic mass is 10.4. The van der Waals surface area contributed by atoms with Gasteiger partial charge >= 0.3 is 0 Å². The van der Waals surface area contributed by atoms with Crippen molar-refractivity contribution >= 4 is 22.4 Å². The minimum Gasteiger partial charge on any atom is -0.315 e. The number of hydrogen-bond acceptors (Lipinski definition) is 4. The first-order chi connectivity index (χ1) is 6.77. The average molecular weight is 232 g/mol. The lowest BCUT2D eigenvalue weighted by Crippen LogP contribution is -2.19. The van der Waals surface area contributed by atoms with Crippen molar-refractivity contribution in [2.45, 2.75) is 16.7 Å². The number of halogens is 1. The normalized spacial score (nSPS) is 23.6. The number of nitrogens with zero attached hydrogens (tertiary/aromatic N) is 2. The predicted molar refractivity (Wildman–Crippen MR) is 54.7 cm³/mol. The van der Waals surface area contributed by atoms with Gasteiger partial charge in [-0.2, -0.15) is 0 Å².